The van der Waals surface area contributed by atoms with Crippen molar-refractivity contribution in [3.05, 3.63) is 69.7 Å². The van der Waals surface area contributed by atoms with Gasteiger partial charge in [-0.1, -0.05) is 35.3 Å². The number of hydrogen-bond acceptors (Lipinski definition) is 3. The molecule has 1 N–H and O–H groups in total. The minimum absolute atomic E-state index is 0.284. The van der Waals surface area contributed by atoms with Crippen LogP contribution in [-0.4, -0.2) is 18.8 Å². The van der Waals surface area contributed by atoms with Crippen molar-refractivity contribution >= 4 is 39.1 Å². The Hall–Kier alpha value is -1.40. The zero-order valence-corrected chi connectivity index (χ0v) is 14.5. The van der Waals surface area contributed by atoms with Crippen LogP contribution in [0.25, 0.3) is 0 Å². The average Bonchev–Trinajstić information content (AvgIpc) is 2.47. The van der Waals surface area contributed by atoms with Crippen molar-refractivity contribution in [2.24, 2.45) is 0 Å². The summed E-state index contributed by atoms with van der Waals surface area (Å²) in [6.45, 7) is 1.30. The summed E-state index contributed by atoms with van der Waals surface area (Å²) in [5.41, 5.74) is 0.602. The van der Waals surface area contributed by atoms with E-state index in [1.54, 1.807) is 12.1 Å². The van der Waals surface area contributed by atoms with E-state index in [-0.39, 0.29) is 5.56 Å². The maximum Gasteiger partial charge on any atom is 0.275 e. The van der Waals surface area contributed by atoms with Crippen LogP contribution in [0, 0.1) is 0 Å². The number of ketones is 1. The van der Waals surface area contributed by atoms with E-state index in [9.17, 15) is 17.8 Å². The molecule has 1 atom stereocenters. The minimum Gasteiger partial charge on any atom is -0.294 e. The second-order valence-electron chi connectivity index (χ2n) is 5.32. The van der Waals surface area contributed by atoms with E-state index >= 15 is 0 Å². The van der Waals surface area contributed by atoms with E-state index in [0.717, 1.165) is 0 Å². The van der Waals surface area contributed by atoms with Crippen LogP contribution < -0.4 is 0 Å². The standard InChI is InChI=1S/C16H14Cl2O4S/c1-16(23(20,21)22,12-4-8-14(18)9-5-12)10-15(19)11-2-6-13(17)7-3-11/h2-9H,10H2,1H3,(H,20,21,22). The number of carbonyl (C=O) groups is 1. The lowest BCUT2D eigenvalue weighted by Crippen LogP contribution is -2.34. The fraction of sp³-hybridized carbons (Fsp3) is 0.188. The smallest absolute Gasteiger partial charge is 0.275 e. The topological polar surface area (TPSA) is 71.4 Å². The number of rotatable bonds is 5. The van der Waals surface area contributed by atoms with E-state index in [2.05, 4.69) is 0 Å². The summed E-state index contributed by atoms with van der Waals surface area (Å²) in [6, 6.07) is 12.1. The molecule has 0 aliphatic rings. The van der Waals surface area contributed by atoms with Gasteiger partial charge >= 0.3 is 0 Å². The van der Waals surface area contributed by atoms with E-state index in [0.29, 0.717) is 15.6 Å². The molecule has 4 nitrogen and oxygen atoms in total. The largest absolute Gasteiger partial charge is 0.294 e. The van der Waals surface area contributed by atoms with Crippen molar-refractivity contribution in [3.63, 3.8) is 0 Å². The van der Waals surface area contributed by atoms with Crippen molar-refractivity contribution in [1.82, 2.24) is 0 Å². The maximum absolute atomic E-state index is 12.4. The number of benzene rings is 2. The third-order valence-electron chi connectivity index (χ3n) is 3.69. The van der Waals surface area contributed by atoms with Gasteiger partial charge in [0.1, 0.15) is 4.75 Å². The molecule has 2 rings (SSSR count). The summed E-state index contributed by atoms with van der Waals surface area (Å²) in [4.78, 5) is 12.4. The molecular formula is C16H14Cl2O4S. The molecule has 2 aromatic rings. The van der Waals surface area contributed by atoms with Gasteiger partial charge in [-0.25, -0.2) is 0 Å². The number of halogens is 2. The summed E-state index contributed by atoms with van der Waals surface area (Å²) < 4.78 is 31.7. The lowest BCUT2D eigenvalue weighted by Gasteiger charge is -2.26. The summed E-state index contributed by atoms with van der Waals surface area (Å²) in [5.74, 6) is -0.420. The van der Waals surface area contributed by atoms with Gasteiger partial charge in [0.25, 0.3) is 10.1 Å². The van der Waals surface area contributed by atoms with Gasteiger partial charge in [-0.2, -0.15) is 8.42 Å². The Kier molecular flexibility index (Phi) is 5.16. The third-order valence-corrected chi connectivity index (χ3v) is 5.71. The lowest BCUT2D eigenvalue weighted by atomic mass is 9.92. The molecule has 0 heterocycles. The molecular weight excluding hydrogens is 359 g/mol. The highest BCUT2D eigenvalue weighted by atomic mass is 35.5. The first-order chi connectivity index (χ1) is 10.6. The second-order valence-corrected chi connectivity index (χ2v) is 8.04. The fourth-order valence-electron chi connectivity index (χ4n) is 2.19. The molecule has 7 heteroatoms. The first kappa shape index (κ1) is 17.9. The van der Waals surface area contributed by atoms with Crippen molar-refractivity contribution in [3.8, 4) is 0 Å². The van der Waals surface area contributed by atoms with Crippen LogP contribution >= 0.6 is 23.2 Å². The molecule has 0 radical (unpaired) electrons. The van der Waals surface area contributed by atoms with E-state index in [1.807, 2.05) is 0 Å². The zero-order chi connectivity index (χ0) is 17.3. The molecule has 0 aliphatic heterocycles. The van der Waals surface area contributed by atoms with Gasteiger partial charge in [0.2, 0.25) is 0 Å². The Morgan fingerprint density at radius 3 is 1.87 bits per heavy atom. The maximum atomic E-state index is 12.4. The fourth-order valence-corrected chi connectivity index (χ4v) is 3.19. The first-order valence-corrected chi connectivity index (χ1v) is 8.85. The predicted molar refractivity (Wildman–Crippen MR) is 90.8 cm³/mol. The van der Waals surface area contributed by atoms with E-state index < -0.39 is 27.1 Å². The van der Waals surface area contributed by atoms with Gasteiger partial charge in [0.15, 0.2) is 5.78 Å². The molecule has 0 fully saturated rings. The zero-order valence-electron chi connectivity index (χ0n) is 12.2. The van der Waals surface area contributed by atoms with Gasteiger partial charge in [-0.05, 0) is 48.9 Å². The number of Topliss-reactive ketones (excluding diaryl/α,β-unsaturated/α-hetero) is 1. The van der Waals surface area contributed by atoms with Crippen LogP contribution in [0.15, 0.2) is 48.5 Å². The van der Waals surface area contributed by atoms with Crippen LogP contribution in [0.1, 0.15) is 29.3 Å². The molecule has 0 spiro atoms. The Bertz CT molecular complexity index is 814. The van der Waals surface area contributed by atoms with Crippen molar-refractivity contribution in [2.45, 2.75) is 18.1 Å². The van der Waals surface area contributed by atoms with E-state index in [1.165, 1.54) is 43.3 Å². The highest BCUT2D eigenvalue weighted by Gasteiger charge is 2.42. The third kappa shape index (κ3) is 3.93. The van der Waals surface area contributed by atoms with Gasteiger partial charge in [0.05, 0.1) is 0 Å². The van der Waals surface area contributed by atoms with Gasteiger partial charge in [0, 0.05) is 22.0 Å². The summed E-state index contributed by atoms with van der Waals surface area (Å²) >= 11 is 11.6. The van der Waals surface area contributed by atoms with Crippen molar-refractivity contribution in [2.75, 3.05) is 0 Å². The first-order valence-electron chi connectivity index (χ1n) is 6.65. The molecule has 2 aromatic carbocycles. The highest BCUT2D eigenvalue weighted by molar-refractivity contribution is 7.86. The normalized spacial score (nSPS) is 14.3. The van der Waals surface area contributed by atoms with Crippen LogP contribution in [0.2, 0.25) is 10.0 Å². The summed E-state index contributed by atoms with van der Waals surface area (Å²) in [7, 11) is -4.53. The molecule has 0 amide bonds. The van der Waals surface area contributed by atoms with Gasteiger partial charge < -0.3 is 0 Å². The number of hydrogen-bond donors (Lipinski definition) is 1. The average molecular weight is 373 g/mol. The Morgan fingerprint density at radius 2 is 1.43 bits per heavy atom. The SMILES string of the molecule is CC(CC(=O)c1ccc(Cl)cc1)(c1ccc(Cl)cc1)S(=O)(=O)O. The Morgan fingerprint density at radius 1 is 1.00 bits per heavy atom. The lowest BCUT2D eigenvalue weighted by molar-refractivity contribution is 0.0967. The predicted octanol–water partition coefficient (Wildman–Crippen LogP) is 4.37. The minimum atomic E-state index is -4.53. The summed E-state index contributed by atoms with van der Waals surface area (Å²) in [6.07, 6.45) is -0.408. The quantitative estimate of drug-likeness (QED) is 0.624. The molecule has 23 heavy (non-hydrogen) atoms. The van der Waals surface area contributed by atoms with Crippen molar-refractivity contribution in [1.29, 1.82) is 0 Å². The van der Waals surface area contributed by atoms with Crippen molar-refractivity contribution < 1.29 is 17.8 Å². The van der Waals surface area contributed by atoms with Gasteiger partial charge in [-0.15, -0.1) is 0 Å². The molecule has 1 unspecified atom stereocenters. The van der Waals surface area contributed by atoms with Gasteiger partial charge in [-0.3, -0.25) is 9.35 Å². The number of carbonyl (C=O) groups excluding carboxylic acids is 1. The molecule has 0 aliphatic carbocycles. The van der Waals surface area contributed by atoms with Crippen LogP contribution in [0.3, 0.4) is 0 Å². The van der Waals surface area contributed by atoms with Crippen LogP contribution in [0.5, 0.6) is 0 Å². The Labute approximate surface area is 144 Å². The molecule has 0 aromatic heterocycles. The molecule has 0 bridgehead atoms. The van der Waals surface area contributed by atoms with E-state index in [4.69, 9.17) is 23.2 Å². The van der Waals surface area contributed by atoms with Crippen LogP contribution in [0.4, 0.5) is 0 Å². The van der Waals surface area contributed by atoms with Crippen LogP contribution in [-0.2, 0) is 14.9 Å². The molecule has 0 saturated heterocycles. The molecule has 0 saturated carbocycles. The monoisotopic (exact) mass is 372 g/mol. The molecule has 122 valence electrons. The second kappa shape index (κ2) is 6.61. The Balaban J connectivity index is 2.42. The summed E-state index contributed by atoms with van der Waals surface area (Å²) in [5, 5.41) is 0.896. The highest BCUT2D eigenvalue weighted by Crippen LogP contribution is 2.35.